The van der Waals surface area contributed by atoms with Gasteiger partial charge in [0.25, 0.3) is 0 Å². The van der Waals surface area contributed by atoms with E-state index in [0.717, 1.165) is 46.8 Å². The standard InChI is InChI=1S/C26H27ClFN5O3S/c1-35-15-22(34)29-11-4-2-3-8-23-33-24-25(30-16-31-26(24)37-23)32-19-9-10-21(20(27)13-19)36-14-17-6-5-7-18(28)12-17/h5-7,9-10,12-13,16H,2-4,8,11,14-15H2,1H3,(H,29,34)(H,30,31,32). The zero-order valence-electron chi connectivity index (χ0n) is 20.3. The molecule has 2 heterocycles. The zero-order valence-corrected chi connectivity index (χ0v) is 21.9. The summed E-state index contributed by atoms with van der Waals surface area (Å²) < 4.78 is 23.9. The van der Waals surface area contributed by atoms with Crippen LogP contribution in [0, 0.1) is 5.82 Å². The van der Waals surface area contributed by atoms with E-state index in [1.54, 1.807) is 35.6 Å². The number of ether oxygens (including phenoxy) is 2. The number of amides is 1. The van der Waals surface area contributed by atoms with Crippen molar-refractivity contribution in [3.63, 3.8) is 0 Å². The molecule has 1 amide bonds. The van der Waals surface area contributed by atoms with Gasteiger partial charge in [0.1, 0.15) is 41.5 Å². The molecule has 2 aromatic heterocycles. The van der Waals surface area contributed by atoms with Crippen LogP contribution in [-0.2, 0) is 22.6 Å². The maximum absolute atomic E-state index is 13.4. The molecule has 194 valence electrons. The molecule has 2 aromatic carbocycles. The Kier molecular flexibility index (Phi) is 9.58. The summed E-state index contributed by atoms with van der Waals surface area (Å²) in [5.41, 5.74) is 2.15. The molecule has 0 unspecified atom stereocenters. The highest BCUT2D eigenvalue weighted by Gasteiger charge is 2.12. The van der Waals surface area contributed by atoms with Crippen LogP contribution in [0.2, 0.25) is 5.02 Å². The highest BCUT2D eigenvalue weighted by molar-refractivity contribution is 7.18. The van der Waals surface area contributed by atoms with E-state index in [1.165, 1.54) is 25.6 Å². The molecule has 8 nitrogen and oxygen atoms in total. The van der Waals surface area contributed by atoms with Crippen LogP contribution in [0.4, 0.5) is 15.9 Å². The number of hydrogen-bond donors (Lipinski definition) is 2. The number of rotatable bonds is 13. The number of nitrogens with zero attached hydrogens (tertiary/aromatic N) is 3. The smallest absolute Gasteiger partial charge is 0.245 e. The summed E-state index contributed by atoms with van der Waals surface area (Å²) in [6.07, 6.45) is 5.17. The van der Waals surface area contributed by atoms with Gasteiger partial charge < -0.3 is 20.1 Å². The van der Waals surface area contributed by atoms with Crippen molar-refractivity contribution < 1.29 is 18.7 Å². The molecule has 0 aliphatic carbocycles. The minimum absolute atomic E-state index is 0.0871. The average molecular weight is 544 g/mol. The van der Waals surface area contributed by atoms with E-state index in [-0.39, 0.29) is 24.9 Å². The van der Waals surface area contributed by atoms with Crippen LogP contribution in [0.5, 0.6) is 5.75 Å². The minimum Gasteiger partial charge on any atom is -0.487 e. The van der Waals surface area contributed by atoms with E-state index < -0.39 is 0 Å². The molecule has 11 heteroatoms. The van der Waals surface area contributed by atoms with Crippen LogP contribution in [0.25, 0.3) is 10.3 Å². The van der Waals surface area contributed by atoms with E-state index >= 15 is 0 Å². The third-order valence-corrected chi connectivity index (χ3v) is 6.70. The average Bonchev–Trinajstić information content (AvgIpc) is 3.30. The number of thiazole rings is 1. The first-order valence-electron chi connectivity index (χ1n) is 11.8. The molecule has 0 fully saturated rings. The Hall–Kier alpha value is -3.34. The number of fused-ring (bicyclic) bond motifs is 1. The van der Waals surface area contributed by atoms with Gasteiger partial charge in [0.05, 0.1) is 10.0 Å². The lowest BCUT2D eigenvalue weighted by Crippen LogP contribution is -2.27. The number of carbonyl (C=O) groups is 1. The number of unbranched alkanes of at least 4 members (excludes halogenated alkanes) is 2. The topological polar surface area (TPSA) is 98.3 Å². The molecule has 0 radical (unpaired) electrons. The largest absolute Gasteiger partial charge is 0.487 e. The van der Waals surface area contributed by atoms with Crippen LogP contribution in [0.15, 0.2) is 48.8 Å². The fraction of sp³-hybridized carbons (Fsp3) is 0.308. The zero-order chi connectivity index (χ0) is 26.0. The Bertz CT molecular complexity index is 1350. The lowest BCUT2D eigenvalue weighted by atomic mass is 10.2. The number of methoxy groups -OCH3 is 1. The van der Waals surface area contributed by atoms with Crippen LogP contribution < -0.4 is 15.4 Å². The molecule has 37 heavy (non-hydrogen) atoms. The fourth-order valence-electron chi connectivity index (χ4n) is 3.60. The summed E-state index contributed by atoms with van der Waals surface area (Å²) in [5.74, 6) is 0.688. The van der Waals surface area contributed by atoms with Gasteiger partial charge in [-0.25, -0.2) is 19.3 Å². The fourth-order valence-corrected chi connectivity index (χ4v) is 4.78. The van der Waals surface area contributed by atoms with Gasteiger partial charge in [-0.3, -0.25) is 4.79 Å². The Balaban J connectivity index is 1.32. The van der Waals surface area contributed by atoms with E-state index in [0.29, 0.717) is 28.7 Å². The number of halogens is 2. The Morgan fingerprint density at radius 3 is 2.84 bits per heavy atom. The van der Waals surface area contributed by atoms with Gasteiger partial charge in [-0.15, -0.1) is 0 Å². The highest BCUT2D eigenvalue weighted by atomic mass is 35.5. The van der Waals surface area contributed by atoms with Crippen molar-refractivity contribution in [3.05, 3.63) is 70.2 Å². The lowest BCUT2D eigenvalue weighted by molar-refractivity contribution is -0.124. The molecule has 0 spiro atoms. The highest BCUT2D eigenvalue weighted by Crippen LogP contribution is 2.32. The summed E-state index contributed by atoms with van der Waals surface area (Å²) in [6.45, 7) is 0.934. The van der Waals surface area contributed by atoms with Crippen molar-refractivity contribution in [2.75, 3.05) is 25.6 Å². The van der Waals surface area contributed by atoms with Crippen LogP contribution in [0.3, 0.4) is 0 Å². The van der Waals surface area contributed by atoms with Crippen LogP contribution in [0.1, 0.15) is 29.8 Å². The maximum atomic E-state index is 13.4. The van der Waals surface area contributed by atoms with Gasteiger partial charge in [-0.05, 0) is 55.2 Å². The number of benzene rings is 2. The normalized spacial score (nSPS) is 11.0. The maximum Gasteiger partial charge on any atom is 0.245 e. The van der Waals surface area contributed by atoms with E-state index in [4.69, 9.17) is 26.1 Å². The molecule has 0 aliphatic rings. The molecular weight excluding hydrogens is 517 g/mol. The van der Waals surface area contributed by atoms with Gasteiger partial charge in [0.2, 0.25) is 5.91 Å². The summed E-state index contributed by atoms with van der Waals surface area (Å²) in [5, 5.41) is 7.50. The van der Waals surface area contributed by atoms with Crippen molar-refractivity contribution in [2.45, 2.75) is 32.3 Å². The number of anilines is 2. The first kappa shape index (κ1) is 26.7. The molecule has 0 saturated heterocycles. The quantitative estimate of drug-likeness (QED) is 0.209. The molecular formula is C26H27ClFN5O3S. The van der Waals surface area contributed by atoms with Crippen molar-refractivity contribution in [2.24, 2.45) is 0 Å². The van der Waals surface area contributed by atoms with Gasteiger partial charge >= 0.3 is 0 Å². The molecule has 0 aliphatic heterocycles. The number of aromatic nitrogens is 3. The van der Waals surface area contributed by atoms with Gasteiger partial charge in [-0.1, -0.05) is 41.5 Å². The van der Waals surface area contributed by atoms with Crippen molar-refractivity contribution in [1.29, 1.82) is 0 Å². The van der Waals surface area contributed by atoms with E-state index in [1.807, 2.05) is 6.07 Å². The second-order valence-electron chi connectivity index (χ2n) is 8.27. The van der Waals surface area contributed by atoms with Crippen LogP contribution >= 0.6 is 22.9 Å². The van der Waals surface area contributed by atoms with Gasteiger partial charge in [-0.2, -0.15) is 0 Å². The van der Waals surface area contributed by atoms with Gasteiger partial charge in [0.15, 0.2) is 5.82 Å². The predicted octanol–water partition coefficient (Wildman–Crippen LogP) is 5.68. The Morgan fingerprint density at radius 1 is 1.14 bits per heavy atom. The van der Waals surface area contributed by atoms with E-state index in [9.17, 15) is 9.18 Å². The van der Waals surface area contributed by atoms with E-state index in [2.05, 4.69) is 20.6 Å². The third-order valence-electron chi connectivity index (χ3n) is 5.38. The molecule has 4 rings (SSSR count). The number of aryl methyl sites for hydroxylation is 1. The second kappa shape index (κ2) is 13.3. The summed E-state index contributed by atoms with van der Waals surface area (Å²) in [6, 6.07) is 11.6. The second-order valence-corrected chi connectivity index (χ2v) is 9.74. The monoisotopic (exact) mass is 543 g/mol. The summed E-state index contributed by atoms with van der Waals surface area (Å²) in [4.78, 5) is 25.7. The SMILES string of the molecule is COCC(=O)NCCCCCc1nc2c(Nc3ccc(OCc4cccc(F)c4)c(Cl)c3)ncnc2s1. The summed E-state index contributed by atoms with van der Waals surface area (Å²) in [7, 11) is 1.50. The molecule has 0 bridgehead atoms. The molecule has 4 aromatic rings. The summed E-state index contributed by atoms with van der Waals surface area (Å²) >= 11 is 7.97. The van der Waals surface area contributed by atoms with Crippen molar-refractivity contribution in [3.8, 4) is 5.75 Å². The van der Waals surface area contributed by atoms with Gasteiger partial charge in [0, 0.05) is 19.3 Å². The minimum atomic E-state index is -0.308. The number of carbonyl (C=O) groups excluding carboxylic acids is 1. The molecule has 0 atom stereocenters. The van der Waals surface area contributed by atoms with Crippen molar-refractivity contribution >= 4 is 50.7 Å². The van der Waals surface area contributed by atoms with Crippen molar-refractivity contribution in [1.82, 2.24) is 20.3 Å². The molecule has 2 N–H and O–H groups in total. The number of nitrogens with one attached hydrogen (secondary N) is 2. The molecule has 0 saturated carbocycles. The lowest BCUT2D eigenvalue weighted by Gasteiger charge is -2.11. The third kappa shape index (κ3) is 7.82. The first-order valence-corrected chi connectivity index (χ1v) is 13.0. The first-order chi connectivity index (χ1) is 18.0. The Morgan fingerprint density at radius 2 is 2.03 bits per heavy atom. The number of hydrogen-bond acceptors (Lipinski definition) is 8. The predicted molar refractivity (Wildman–Crippen MR) is 143 cm³/mol. The Labute approximate surface area is 223 Å². The van der Waals surface area contributed by atoms with Crippen LogP contribution in [-0.4, -0.2) is 41.1 Å².